The molecule has 3 N–H and O–H groups in total. The lowest BCUT2D eigenvalue weighted by molar-refractivity contribution is 0.0991. The molecule has 0 saturated heterocycles. The van der Waals surface area contributed by atoms with Crippen molar-refractivity contribution in [3.8, 4) is 39.9 Å². The average molecular weight is 348 g/mol. The second-order valence-corrected chi connectivity index (χ2v) is 6.36. The summed E-state index contributed by atoms with van der Waals surface area (Å²) in [5.41, 5.74) is 3.18. The van der Waals surface area contributed by atoms with Gasteiger partial charge in [0, 0.05) is 24.1 Å². The molecule has 5 nitrogen and oxygen atoms in total. The number of ketones is 1. The number of aryl methyl sites for hydroxylation is 1. The van der Waals surface area contributed by atoms with E-state index in [1.165, 1.54) is 6.07 Å². The molecule has 0 amide bonds. The predicted molar refractivity (Wildman–Crippen MR) is 96.2 cm³/mol. The molecule has 4 rings (SSSR count). The van der Waals surface area contributed by atoms with Gasteiger partial charge in [-0.05, 0) is 41.8 Å². The molecule has 0 saturated carbocycles. The quantitative estimate of drug-likeness (QED) is 0.610. The maximum atomic E-state index is 12.6. The third kappa shape index (κ3) is 2.63. The number of rotatable bonds is 1. The summed E-state index contributed by atoms with van der Waals surface area (Å²) in [5.74, 6) is 0.0534. The van der Waals surface area contributed by atoms with E-state index in [-0.39, 0.29) is 40.8 Å². The van der Waals surface area contributed by atoms with Crippen LogP contribution in [0.25, 0.3) is 11.1 Å². The molecular weight excluding hydrogens is 332 g/mol. The van der Waals surface area contributed by atoms with E-state index in [1.54, 1.807) is 12.1 Å². The van der Waals surface area contributed by atoms with Crippen molar-refractivity contribution in [1.82, 2.24) is 0 Å². The van der Waals surface area contributed by atoms with E-state index in [9.17, 15) is 20.1 Å². The second-order valence-electron chi connectivity index (χ2n) is 6.36. The minimum Gasteiger partial charge on any atom is -0.508 e. The highest BCUT2D eigenvalue weighted by molar-refractivity contribution is 6.03. The number of carbonyl (C=O) groups excluding carboxylic acids is 1. The zero-order valence-electron chi connectivity index (χ0n) is 14.0. The van der Waals surface area contributed by atoms with Gasteiger partial charge < -0.3 is 20.1 Å². The van der Waals surface area contributed by atoms with E-state index < -0.39 is 0 Å². The van der Waals surface area contributed by atoms with Crippen molar-refractivity contribution in [3.63, 3.8) is 0 Å². The largest absolute Gasteiger partial charge is 0.508 e. The first kappa shape index (κ1) is 16.0. The van der Waals surface area contributed by atoms with Crippen molar-refractivity contribution >= 4 is 5.78 Å². The number of hydrogen-bond acceptors (Lipinski definition) is 5. The van der Waals surface area contributed by atoms with Gasteiger partial charge in [0.05, 0.1) is 0 Å². The summed E-state index contributed by atoms with van der Waals surface area (Å²) < 4.78 is 5.78. The lowest BCUT2D eigenvalue weighted by Crippen LogP contribution is -2.02. The standard InChI is InChI=1S/C21H16O5/c1-11-2-3-13(7-16(11)23)12-4-5-19-14(6-12)8-17(24)21-18(25)9-15(22)10-20(21)26-19/h2-7,9-10,22-23,25H,8H2,1H3. The van der Waals surface area contributed by atoms with Crippen molar-refractivity contribution < 1.29 is 24.9 Å². The van der Waals surface area contributed by atoms with Crippen LogP contribution in [-0.2, 0) is 6.42 Å². The molecule has 130 valence electrons. The third-order valence-electron chi connectivity index (χ3n) is 4.52. The summed E-state index contributed by atoms with van der Waals surface area (Å²) in [6, 6.07) is 13.2. The highest BCUT2D eigenvalue weighted by Gasteiger charge is 2.25. The molecule has 0 unspecified atom stereocenters. The number of phenolic OH excluding ortho intramolecular Hbond substituents is 3. The van der Waals surface area contributed by atoms with Gasteiger partial charge in [-0.3, -0.25) is 4.79 Å². The number of benzene rings is 3. The van der Waals surface area contributed by atoms with E-state index in [1.807, 2.05) is 31.2 Å². The fourth-order valence-electron chi connectivity index (χ4n) is 3.11. The second kappa shape index (κ2) is 5.81. The molecule has 0 aliphatic carbocycles. The Balaban J connectivity index is 1.80. The topological polar surface area (TPSA) is 87.0 Å². The molecule has 26 heavy (non-hydrogen) atoms. The third-order valence-corrected chi connectivity index (χ3v) is 4.52. The van der Waals surface area contributed by atoms with Crippen LogP contribution in [0.1, 0.15) is 21.5 Å². The van der Waals surface area contributed by atoms with Gasteiger partial charge in [-0.25, -0.2) is 0 Å². The summed E-state index contributed by atoms with van der Waals surface area (Å²) >= 11 is 0. The molecule has 1 aliphatic rings. The van der Waals surface area contributed by atoms with Gasteiger partial charge in [0.2, 0.25) is 0 Å². The zero-order valence-corrected chi connectivity index (χ0v) is 14.0. The lowest BCUT2D eigenvalue weighted by Gasteiger charge is -2.11. The Hall–Kier alpha value is -3.47. The Bertz CT molecular complexity index is 1050. The monoisotopic (exact) mass is 348 g/mol. The van der Waals surface area contributed by atoms with Crippen LogP contribution in [0, 0.1) is 6.92 Å². The van der Waals surface area contributed by atoms with Gasteiger partial charge in [-0.15, -0.1) is 0 Å². The average Bonchev–Trinajstić information content (AvgIpc) is 2.71. The van der Waals surface area contributed by atoms with Crippen LogP contribution in [0.15, 0.2) is 48.5 Å². The Labute approximate surface area is 149 Å². The fourth-order valence-corrected chi connectivity index (χ4v) is 3.11. The Morgan fingerprint density at radius 2 is 1.58 bits per heavy atom. The Morgan fingerprint density at radius 3 is 2.35 bits per heavy atom. The Morgan fingerprint density at radius 1 is 0.846 bits per heavy atom. The molecule has 0 aromatic heterocycles. The number of fused-ring (bicyclic) bond motifs is 2. The lowest BCUT2D eigenvalue weighted by atomic mass is 9.97. The van der Waals surface area contributed by atoms with E-state index in [2.05, 4.69) is 0 Å². The molecule has 3 aromatic carbocycles. The Kier molecular flexibility index (Phi) is 3.58. The molecule has 0 bridgehead atoms. The molecule has 1 aliphatic heterocycles. The highest BCUT2D eigenvalue weighted by Crippen LogP contribution is 2.41. The first-order valence-electron chi connectivity index (χ1n) is 8.12. The van der Waals surface area contributed by atoms with Crippen LogP contribution < -0.4 is 4.74 Å². The first-order valence-corrected chi connectivity index (χ1v) is 8.12. The summed E-state index contributed by atoms with van der Waals surface area (Å²) in [7, 11) is 0. The molecular formula is C21H16O5. The molecule has 1 heterocycles. The van der Waals surface area contributed by atoms with Crippen molar-refractivity contribution in [3.05, 3.63) is 65.2 Å². The van der Waals surface area contributed by atoms with Gasteiger partial charge in [-0.1, -0.05) is 18.2 Å². The summed E-state index contributed by atoms with van der Waals surface area (Å²) in [4.78, 5) is 12.6. The molecule has 0 spiro atoms. The van der Waals surface area contributed by atoms with E-state index in [4.69, 9.17) is 4.74 Å². The van der Waals surface area contributed by atoms with E-state index in [0.29, 0.717) is 11.3 Å². The van der Waals surface area contributed by atoms with Crippen molar-refractivity contribution in [1.29, 1.82) is 0 Å². The highest BCUT2D eigenvalue weighted by atomic mass is 16.5. The normalized spacial score (nSPS) is 12.7. The van der Waals surface area contributed by atoms with Crippen LogP contribution in [0.2, 0.25) is 0 Å². The zero-order chi connectivity index (χ0) is 18.4. The SMILES string of the molecule is Cc1ccc(-c2ccc3c(c2)CC(=O)c2c(O)cc(O)cc2O3)cc1O. The number of phenols is 3. The van der Waals surface area contributed by atoms with Crippen LogP contribution in [0.3, 0.4) is 0 Å². The number of carbonyl (C=O) groups is 1. The minimum atomic E-state index is -0.304. The van der Waals surface area contributed by atoms with Gasteiger partial charge in [0.15, 0.2) is 5.78 Å². The maximum Gasteiger partial charge on any atom is 0.174 e. The smallest absolute Gasteiger partial charge is 0.174 e. The van der Waals surface area contributed by atoms with Gasteiger partial charge in [-0.2, -0.15) is 0 Å². The fraction of sp³-hybridized carbons (Fsp3) is 0.0952. The summed E-state index contributed by atoms with van der Waals surface area (Å²) in [6.07, 6.45) is 0.0619. The molecule has 0 fully saturated rings. The van der Waals surface area contributed by atoms with Crippen molar-refractivity contribution in [2.45, 2.75) is 13.3 Å². The van der Waals surface area contributed by atoms with Crippen LogP contribution in [-0.4, -0.2) is 21.1 Å². The number of hydrogen-bond donors (Lipinski definition) is 3. The van der Waals surface area contributed by atoms with Crippen LogP contribution in [0.4, 0.5) is 0 Å². The molecule has 0 radical (unpaired) electrons. The van der Waals surface area contributed by atoms with Crippen molar-refractivity contribution in [2.24, 2.45) is 0 Å². The van der Waals surface area contributed by atoms with Gasteiger partial charge in [0.25, 0.3) is 0 Å². The number of aromatic hydroxyl groups is 3. The maximum absolute atomic E-state index is 12.6. The number of Topliss-reactive ketones (excluding diaryl/α,β-unsaturated/α-hetero) is 1. The summed E-state index contributed by atoms with van der Waals surface area (Å²) in [5, 5.41) is 29.6. The summed E-state index contributed by atoms with van der Waals surface area (Å²) in [6.45, 7) is 1.82. The van der Waals surface area contributed by atoms with Gasteiger partial charge in [0.1, 0.15) is 34.3 Å². The molecule has 0 atom stereocenters. The van der Waals surface area contributed by atoms with E-state index >= 15 is 0 Å². The minimum absolute atomic E-state index is 0.0619. The molecule has 3 aromatic rings. The van der Waals surface area contributed by atoms with Gasteiger partial charge >= 0.3 is 0 Å². The predicted octanol–water partition coefficient (Wildman–Crippen LogP) is 4.31. The first-order chi connectivity index (χ1) is 12.4. The van der Waals surface area contributed by atoms with Crippen LogP contribution in [0.5, 0.6) is 28.7 Å². The van der Waals surface area contributed by atoms with E-state index in [0.717, 1.165) is 22.8 Å². The number of ether oxygens (including phenoxy) is 1. The van der Waals surface area contributed by atoms with Crippen LogP contribution >= 0.6 is 0 Å². The molecule has 5 heteroatoms. The van der Waals surface area contributed by atoms with Crippen molar-refractivity contribution in [2.75, 3.05) is 0 Å².